The number of aliphatic imine (C=N–C) groups is 1. The molecular formula is C21H32N2O. The first-order valence-corrected chi connectivity index (χ1v) is 9.12. The molecule has 2 rings (SSSR count). The summed E-state index contributed by atoms with van der Waals surface area (Å²) < 4.78 is 0. The predicted molar refractivity (Wildman–Crippen MR) is 102 cm³/mol. The summed E-state index contributed by atoms with van der Waals surface area (Å²) in [6, 6.07) is 7.89. The number of piperidine rings is 1. The summed E-state index contributed by atoms with van der Waals surface area (Å²) in [6.45, 7) is 15.0. The van der Waals surface area contributed by atoms with Crippen LogP contribution in [0.3, 0.4) is 0 Å². The van der Waals surface area contributed by atoms with Crippen molar-refractivity contribution in [2.24, 2.45) is 4.99 Å². The van der Waals surface area contributed by atoms with Crippen molar-refractivity contribution < 1.29 is 4.79 Å². The van der Waals surface area contributed by atoms with Crippen molar-refractivity contribution >= 4 is 11.5 Å². The lowest BCUT2D eigenvalue weighted by Crippen LogP contribution is -2.60. The Morgan fingerprint density at radius 2 is 1.67 bits per heavy atom. The fourth-order valence-corrected chi connectivity index (χ4v) is 4.36. The van der Waals surface area contributed by atoms with Crippen molar-refractivity contribution in [1.82, 2.24) is 4.90 Å². The lowest BCUT2D eigenvalue weighted by atomic mass is 9.78. The molecule has 1 fully saturated rings. The molecule has 132 valence electrons. The quantitative estimate of drug-likeness (QED) is 0.721. The molecule has 1 aliphatic heterocycles. The molecule has 0 radical (unpaired) electrons. The van der Waals surface area contributed by atoms with Gasteiger partial charge in [-0.1, -0.05) is 38.1 Å². The summed E-state index contributed by atoms with van der Waals surface area (Å²) in [7, 11) is 0. The van der Waals surface area contributed by atoms with Gasteiger partial charge in [-0.05, 0) is 39.8 Å². The Morgan fingerprint density at radius 3 is 2.21 bits per heavy atom. The number of Topliss-reactive ketones (excluding diaryl/α,β-unsaturated/α-hetero) is 1. The number of carbonyl (C=O) groups is 1. The van der Waals surface area contributed by atoms with Gasteiger partial charge in [0.15, 0.2) is 5.78 Å². The van der Waals surface area contributed by atoms with Gasteiger partial charge < -0.3 is 0 Å². The van der Waals surface area contributed by atoms with Gasteiger partial charge in [-0.2, -0.15) is 0 Å². The van der Waals surface area contributed by atoms with Crippen LogP contribution in [0.25, 0.3) is 0 Å². The highest BCUT2D eigenvalue weighted by atomic mass is 16.1. The predicted octanol–water partition coefficient (Wildman–Crippen LogP) is 4.89. The van der Waals surface area contributed by atoms with Gasteiger partial charge in [0, 0.05) is 41.6 Å². The molecule has 1 heterocycles. The lowest BCUT2D eigenvalue weighted by molar-refractivity contribution is 0.0151. The molecule has 0 aliphatic carbocycles. The maximum Gasteiger partial charge on any atom is 0.162 e. The first-order chi connectivity index (χ1) is 11.2. The topological polar surface area (TPSA) is 32.7 Å². The number of nitrogens with zero attached hydrogens (tertiary/aromatic N) is 2. The normalized spacial score (nSPS) is 20.0. The third kappa shape index (κ3) is 3.94. The van der Waals surface area contributed by atoms with Gasteiger partial charge in [-0.15, -0.1) is 0 Å². The van der Waals surface area contributed by atoms with Crippen molar-refractivity contribution in [3.05, 3.63) is 35.4 Å². The average Bonchev–Trinajstić information content (AvgIpc) is 2.50. The minimum Gasteiger partial charge on any atom is -0.294 e. The molecule has 0 unspecified atom stereocenters. The Bertz CT molecular complexity index is 608. The fraction of sp³-hybridized carbons (Fsp3) is 0.619. The van der Waals surface area contributed by atoms with E-state index < -0.39 is 0 Å². The minimum absolute atomic E-state index is 0.119. The molecule has 0 bridgehead atoms. The van der Waals surface area contributed by atoms with E-state index in [1.165, 1.54) is 5.71 Å². The molecule has 24 heavy (non-hydrogen) atoms. The largest absolute Gasteiger partial charge is 0.294 e. The van der Waals surface area contributed by atoms with Gasteiger partial charge in [0.1, 0.15) is 0 Å². The summed E-state index contributed by atoms with van der Waals surface area (Å²) in [4.78, 5) is 19.6. The van der Waals surface area contributed by atoms with E-state index in [1.807, 2.05) is 31.2 Å². The molecule has 3 nitrogen and oxygen atoms in total. The van der Waals surface area contributed by atoms with Crippen LogP contribution in [0.4, 0.5) is 0 Å². The number of hydrogen-bond donors (Lipinski definition) is 0. The zero-order valence-electron chi connectivity index (χ0n) is 16.1. The highest BCUT2D eigenvalue weighted by Gasteiger charge is 2.42. The van der Waals surface area contributed by atoms with E-state index in [2.05, 4.69) is 39.5 Å². The standard InChI is InChI=1S/C21H32N2O/c1-7-19(24)18-12-10-9-11-16(18)15-22-17-13-20(3,4)23(8-2)21(5,6)14-17/h9-12H,7-8,13-15H2,1-6H3. The number of rotatable bonds is 5. The molecule has 0 atom stereocenters. The van der Waals surface area contributed by atoms with Crippen molar-refractivity contribution in [3.8, 4) is 0 Å². The van der Waals surface area contributed by atoms with Crippen molar-refractivity contribution in [2.75, 3.05) is 6.54 Å². The minimum atomic E-state index is 0.119. The molecule has 1 aromatic carbocycles. The van der Waals surface area contributed by atoms with Gasteiger partial charge in [0.25, 0.3) is 0 Å². The second-order valence-electron chi connectivity index (χ2n) is 8.04. The van der Waals surface area contributed by atoms with Crippen LogP contribution >= 0.6 is 0 Å². The molecule has 0 amide bonds. The molecule has 0 spiro atoms. The van der Waals surface area contributed by atoms with Crippen LogP contribution in [0.15, 0.2) is 29.3 Å². The summed E-state index contributed by atoms with van der Waals surface area (Å²) >= 11 is 0. The van der Waals surface area contributed by atoms with Crippen LogP contribution in [0, 0.1) is 0 Å². The number of likely N-dealkylation sites (tertiary alicyclic amines) is 1. The van der Waals surface area contributed by atoms with E-state index in [1.54, 1.807) is 0 Å². The van der Waals surface area contributed by atoms with Gasteiger partial charge in [0.05, 0.1) is 6.54 Å². The Hall–Kier alpha value is -1.48. The highest BCUT2D eigenvalue weighted by Crippen LogP contribution is 2.36. The Morgan fingerprint density at radius 1 is 1.08 bits per heavy atom. The Balaban J connectivity index is 2.23. The molecular weight excluding hydrogens is 296 g/mol. The van der Waals surface area contributed by atoms with E-state index in [-0.39, 0.29) is 16.9 Å². The van der Waals surface area contributed by atoms with Gasteiger partial charge in [-0.3, -0.25) is 14.7 Å². The van der Waals surface area contributed by atoms with Crippen molar-refractivity contribution in [1.29, 1.82) is 0 Å². The summed E-state index contributed by atoms with van der Waals surface area (Å²) in [5.41, 5.74) is 3.38. The molecule has 0 aromatic heterocycles. The second kappa shape index (κ2) is 7.18. The van der Waals surface area contributed by atoms with Crippen molar-refractivity contribution in [3.63, 3.8) is 0 Å². The van der Waals surface area contributed by atoms with Crippen LogP contribution in [0.1, 0.15) is 76.7 Å². The van der Waals surface area contributed by atoms with Gasteiger partial charge >= 0.3 is 0 Å². The van der Waals surface area contributed by atoms with Crippen LogP contribution in [0.5, 0.6) is 0 Å². The van der Waals surface area contributed by atoms with E-state index >= 15 is 0 Å². The highest BCUT2D eigenvalue weighted by molar-refractivity contribution is 5.97. The van der Waals surface area contributed by atoms with Crippen LogP contribution < -0.4 is 0 Å². The molecule has 1 aliphatic rings. The van der Waals surface area contributed by atoms with Gasteiger partial charge in [0.2, 0.25) is 0 Å². The third-order valence-electron chi connectivity index (χ3n) is 5.16. The third-order valence-corrected chi connectivity index (χ3v) is 5.16. The van der Waals surface area contributed by atoms with Crippen LogP contribution in [-0.2, 0) is 6.54 Å². The van der Waals surface area contributed by atoms with E-state index in [0.29, 0.717) is 13.0 Å². The number of benzene rings is 1. The first-order valence-electron chi connectivity index (χ1n) is 9.12. The van der Waals surface area contributed by atoms with Crippen molar-refractivity contribution in [2.45, 2.75) is 78.4 Å². The maximum atomic E-state index is 12.1. The van der Waals surface area contributed by atoms with E-state index in [9.17, 15) is 4.79 Å². The maximum absolute atomic E-state index is 12.1. The average molecular weight is 329 g/mol. The van der Waals surface area contributed by atoms with Crippen LogP contribution in [0.2, 0.25) is 0 Å². The summed E-state index contributed by atoms with van der Waals surface area (Å²) in [5.74, 6) is 0.201. The SMILES string of the molecule is CCC(=O)c1ccccc1CN=C1CC(C)(C)N(CC)C(C)(C)C1. The molecule has 1 saturated heterocycles. The Labute approximate surface area is 147 Å². The molecule has 0 saturated carbocycles. The fourth-order valence-electron chi connectivity index (χ4n) is 4.36. The zero-order valence-corrected chi connectivity index (χ0v) is 16.1. The lowest BCUT2D eigenvalue weighted by Gasteiger charge is -2.53. The number of hydrogen-bond acceptors (Lipinski definition) is 3. The number of ketones is 1. The van der Waals surface area contributed by atoms with E-state index in [0.717, 1.165) is 30.5 Å². The smallest absolute Gasteiger partial charge is 0.162 e. The van der Waals surface area contributed by atoms with E-state index in [4.69, 9.17) is 4.99 Å². The Kier molecular flexibility index (Phi) is 5.64. The molecule has 0 N–H and O–H groups in total. The number of carbonyl (C=O) groups excluding carboxylic acids is 1. The zero-order chi connectivity index (χ0) is 18.0. The van der Waals surface area contributed by atoms with Gasteiger partial charge in [-0.25, -0.2) is 0 Å². The second-order valence-corrected chi connectivity index (χ2v) is 8.04. The molecule has 3 heteroatoms. The monoisotopic (exact) mass is 328 g/mol. The summed E-state index contributed by atoms with van der Waals surface area (Å²) in [6.07, 6.45) is 2.53. The van der Waals surface area contributed by atoms with Crippen LogP contribution in [-0.4, -0.2) is 34.0 Å². The summed E-state index contributed by atoms with van der Waals surface area (Å²) in [5, 5.41) is 0. The first kappa shape index (κ1) is 18.9. The molecule has 1 aromatic rings.